The smallest absolute Gasteiger partial charge is 0.268 e. The molecular weight excluding hydrogens is 381 g/mol. The number of allylic oxidation sites excluding steroid dienone is 1. The van der Waals surface area contributed by atoms with E-state index >= 15 is 0 Å². The summed E-state index contributed by atoms with van der Waals surface area (Å²) in [5, 5.41) is 27.4. The van der Waals surface area contributed by atoms with Crippen LogP contribution in [0.15, 0.2) is 28.4 Å². The molecule has 1 aromatic heterocycles. The van der Waals surface area contributed by atoms with Gasteiger partial charge >= 0.3 is 0 Å². The highest BCUT2D eigenvalue weighted by atomic mass is 79.9. The van der Waals surface area contributed by atoms with Gasteiger partial charge in [-0.05, 0) is 28.3 Å². The summed E-state index contributed by atoms with van der Waals surface area (Å²) in [6, 6.07) is 0. The lowest BCUT2D eigenvalue weighted by Crippen LogP contribution is -2.46. The highest BCUT2D eigenvalue weighted by molar-refractivity contribution is 9.12. The Morgan fingerprint density at radius 3 is 3.08 bits per heavy atom. The summed E-state index contributed by atoms with van der Waals surface area (Å²) in [5.41, 5.74) is 6.43. The van der Waals surface area contributed by atoms with E-state index in [1.54, 1.807) is 9.69 Å². The molecule has 9 heteroatoms. The Morgan fingerprint density at radius 1 is 1.52 bits per heavy atom. The molecule has 1 saturated heterocycles. The molecule has 0 spiro atoms. The average Bonchev–Trinajstić information content (AvgIpc) is 3.24. The Morgan fingerprint density at radius 2 is 2.36 bits per heavy atom. The van der Waals surface area contributed by atoms with E-state index in [1.807, 2.05) is 19.4 Å². The molecule has 128 valence electrons. The van der Waals surface area contributed by atoms with Crippen LogP contribution in [-0.2, 0) is 7.05 Å². The minimum absolute atomic E-state index is 0.106. The number of hydrogen-bond acceptors (Lipinski definition) is 5. The van der Waals surface area contributed by atoms with Crippen LogP contribution in [0.2, 0.25) is 12.6 Å². The zero-order valence-electron chi connectivity index (χ0n) is 14.0. The lowest BCUT2D eigenvalue weighted by atomic mass is 9.40. The second-order valence-electron chi connectivity index (χ2n) is 6.79. The van der Waals surface area contributed by atoms with Crippen molar-refractivity contribution in [1.29, 1.82) is 10.7 Å². The number of hydrogen-bond donors (Lipinski definition) is 3. The SMILES string of the molecule is Cn1cc(C2=C3NC(C4CCCB(C#N)C4)=C(Br)C(=N)N3NC2)cn1. The molecule has 1 aromatic rings. The minimum Gasteiger partial charge on any atom is -0.342 e. The molecule has 0 aliphatic carbocycles. The molecule has 1 fully saturated rings. The van der Waals surface area contributed by atoms with Gasteiger partial charge in [0.1, 0.15) is 5.82 Å². The molecule has 1 unspecified atom stereocenters. The quantitative estimate of drug-likeness (QED) is 0.662. The predicted octanol–water partition coefficient (Wildman–Crippen LogP) is 2.06. The van der Waals surface area contributed by atoms with Crippen LogP contribution in [-0.4, -0.2) is 33.9 Å². The molecule has 4 heterocycles. The van der Waals surface area contributed by atoms with Crippen molar-refractivity contribution in [1.82, 2.24) is 25.5 Å². The average molecular weight is 400 g/mol. The number of aromatic nitrogens is 2. The molecule has 0 aromatic carbocycles. The third kappa shape index (κ3) is 2.79. The van der Waals surface area contributed by atoms with Crippen molar-refractivity contribution in [3.05, 3.63) is 34.0 Å². The summed E-state index contributed by atoms with van der Waals surface area (Å²) in [6.45, 7) is 0.754. The molecule has 1 atom stereocenters. The maximum atomic E-state index is 9.29. The number of rotatable bonds is 2. The van der Waals surface area contributed by atoms with E-state index in [1.165, 1.54) is 0 Å². The van der Waals surface area contributed by atoms with Crippen molar-refractivity contribution in [3.8, 4) is 5.97 Å². The second-order valence-corrected chi connectivity index (χ2v) is 7.58. The Hall–Kier alpha value is -2.05. The normalized spacial score (nSPS) is 23.7. The Kier molecular flexibility index (Phi) is 4.17. The van der Waals surface area contributed by atoms with Crippen LogP contribution >= 0.6 is 15.9 Å². The van der Waals surface area contributed by atoms with Crippen molar-refractivity contribution in [2.45, 2.75) is 25.5 Å². The fraction of sp³-hybridized carbons (Fsp3) is 0.438. The van der Waals surface area contributed by atoms with Crippen molar-refractivity contribution in [2.75, 3.05) is 6.54 Å². The van der Waals surface area contributed by atoms with E-state index < -0.39 is 0 Å². The maximum absolute atomic E-state index is 9.29. The Labute approximate surface area is 155 Å². The summed E-state index contributed by atoms with van der Waals surface area (Å²) in [4.78, 5) is 0. The van der Waals surface area contributed by atoms with Crippen LogP contribution in [0, 0.1) is 22.6 Å². The molecule has 0 radical (unpaired) electrons. The van der Waals surface area contributed by atoms with E-state index in [-0.39, 0.29) is 12.6 Å². The number of nitrogens with zero attached hydrogens (tertiary/aromatic N) is 4. The topological polar surface area (TPSA) is 92.8 Å². The van der Waals surface area contributed by atoms with E-state index in [0.717, 1.165) is 52.6 Å². The molecule has 0 amide bonds. The number of aryl methyl sites for hydroxylation is 1. The molecule has 0 saturated carbocycles. The van der Waals surface area contributed by atoms with Crippen molar-refractivity contribution in [2.24, 2.45) is 13.0 Å². The summed E-state index contributed by atoms with van der Waals surface area (Å²) < 4.78 is 2.56. The summed E-state index contributed by atoms with van der Waals surface area (Å²) in [7, 11) is 1.90. The van der Waals surface area contributed by atoms with Gasteiger partial charge < -0.3 is 5.32 Å². The molecule has 7 nitrogen and oxygen atoms in total. The van der Waals surface area contributed by atoms with E-state index in [4.69, 9.17) is 5.41 Å². The minimum atomic E-state index is 0.106. The monoisotopic (exact) mass is 399 g/mol. The third-order valence-corrected chi connectivity index (χ3v) is 5.97. The van der Waals surface area contributed by atoms with Gasteiger partial charge in [0.2, 0.25) is 0 Å². The van der Waals surface area contributed by atoms with Crippen molar-refractivity contribution < 1.29 is 0 Å². The van der Waals surface area contributed by atoms with Gasteiger partial charge in [-0.3, -0.25) is 10.1 Å². The lowest BCUT2D eigenvalue weighted by molar-refractivity contribution is 0.390. The fourth-order valence-corrected chi connectivity index (χ4v) is 4.45. The van der Waals surface area contributed by atoms with Gasteiger partial charge in [-0.1, -0.05) is 19.1 Å². The van der Waals surface area contributed by atoms with Crippen molar-refractivity contribution >= 4 is 34.1 Å². The van der Waals surface area contributed by atoms with Gasteiger partial charge in [0, 0.05) is 42.6 Å². The first-order valence-corrected chi connectivity index (χ1v) is 9.28. The number of fused-ring (bicyclic) bond motifs is 1. The van der Waals surface area contributed by atoms with Crippen LogP contribution in [0.1, 0.15) is 18.4 Å². The molecule has 25 heavy (non-hydrogen) atoms. The molecular formula is C16H19BBrN7. The van der Waals surface area contributed by atoms with E-state index in [2.05, 4.69) is 37.7 Å². The van der Waals surface area contributed by atoms with Gasteiger partial charge in [-0.25, -0.2) is 15.7 Å². The van der Waals surface area contributed by atoms with E-state index in [0.29, 0.717) is 12.4 Å². The number of nitriles is 1. The molecule has 3 aliphatic heterocycles. The largest absolute Gasteiger partial charge is 0.342 e. The zero-order chi connectivity index (χ0) is 17.6. The highest BCUT2D eigenvalue weighted by Crippen LogP contribution is 2.38. The van der Waals surface area contributed by atoms with Gasteiger partial charge in [0.15, 0.2) is 5.84 Å². The first-order valence-electron chi connectivity index (χ1n) is 8.49. The van der Waals surface area contributed by atoms with Gasteiger partial charge in [-0.2, -0.15) is 5.10 Å². The summed E-state index contributed by atoms with van der Waals surface area (Å²) >= 11 is 3.60. The summed E-state index contributed by atoms with van der Waals surface area (Å²) in [5.74, 6) is 4.00. The number of amidine groups is 1. The third-order valence-electron chi connectivity index (χ3n) is 5.16. The summed E-state index contributed by atoms with van der Waals surface area (Å²) in [6.07, 6.45) is 7.76. The Bertz CT molecular complexity index is 834. The first kappa shape index (κ1) is 16.4. The molecule has 4 rings (SSSR count). The van der Waals surface area contributed by atoms with Crippen LogP contribution in [0.3, 0.4) is 0 Å². The Balaban J connectivity index is 1.70. The molecule has 0 bridgehead atoms. The fourth-order valence-electron chi connectivity index (χ4n) is 3.85. The van der Waals surface area contributed by atoms with Crippen LogP contribution in [0.25, 0.3) is 5.57 Å². The zero-order valence-corrected chi connectivity index (χ0v) is 15.6. The standard InChI is InChI=1S/C16H19BBrN7/c1-24-8-11(6-21-24)12-7-22-25-15(20)13(18)14(23-16(12)25)10-3-2-4-17(5-10)9-19/h6,8,10,20,22-23H,2-5,7H2,1H3. The van der Waals surface area contributed by atoms with Gasteiger partial charge in [0.25, 0.3) is 6.71 Å². The maximum Gasteiger partial charge on any atom is 0.268 e. The van der Waals surface area contributed by atoms with Crippen LogP contribution in [0.4, 0.5) is 0 Å². The lowest BCUT2D eigenvalue weighted by Gasteiger charge is -2.35. The second kappa shape index (κ2) is 6.35. The number of nitrogens with one attached hydrogen (secondary N) is 3. The van der Waals surface area contributed by atoms with Gasteiger partial charge in [0.05, 0.1) is 10.7 Å². The van der Waals surface area contributed by atoms with Crippen LogP contribution < -0.4 is 10.7 Å². The van der Waals surface area contributed by atoms with Crippen molar-refractivity contribution in [3.63, 3.8) is 0 Å². The van der Waals surface area contributed by atoms with E-state index in [9.17, 15) is 5.26 Å². The molecule has 3 N–H and O–H groups in total. The number of hydrazine groups is 1. The molecule has 3 aliphatic rings. The van der Waals surface area contributed by atoms with Gasteiger partial charge in [-0.15, -0.1) is 0 Å². The predicted molar refractivity (Wildman–Crippen MR) is 100 cm³/mol. The highest BCUT2D eigenvalue weighted by Gasteiger charge is 2.37. The number of halogens is 1. The van der Waals surface area contributed by atoms with Crippen LogP contribution in [0.5, 0.6) is 0 Å². The first-order chi connectivity index (χ1) is 12.1.